The molecule has 4 aromatic rings. The minimum atomic E-state index is -0.181. The van der Waals surface area contributed by atoms with E-state index in [1.165, 1.54) is 17.3 Å². The van der Waals surface area contributed by atoms with Crippen LogP contribution in [-0.2, 0) is 6.54 Å². The van der Waals surface area contributed by atoms with E-state index in [2.05, 4.69) is 51.1 Å². The Balaban J connectivity index is 1.60. The first-order valence-electron chi connectivity index (χ1n) is 9.72. The van der Waals surface area contributed by atoms with Gasteiger partial charge in [0, 0.05) is 54.4 Å². The van der Waals surface area contributed by atoms with Crippen molar-refractivity contribution in [3.63, 3.8) is 0 Å². The molecule has 5 heteroatoms. The lowest BCUT2D eigenvalue weighted by atomic mass is 10.0. The van der Waals surface area contributed by atoms with Gasteiger partial charge in [-0.1, -0.05) is 18.2 Å². The molecule has 144 valence electrons. The van der Waals surface area contributed by atoms with Crippen LogP contribution in [0, 0.1) is 5.82 Å². The predicted molar refractivity (Wildman–Crippen MR) is 115 cm³/mol. The lowest BCUT2D eigenvalue weighted by Gasteiger charge is -2.25. The summed E-state index contributed by atoms with van der Waals surface area (Å²) >= 11 is 0. The van der Waals surface area contributed by atoms with Gasteiger partial charge in [-0.3, -0.25) is 0 Å². The van der Waals surface area contributed by atoms with Gasteiger partial charge in [0.15, 0.2) is 0 Å². The topological polar surface area (TPSA) is 32.3 Å². The van der Waals surface area contributed by atoms with Gasteiger partial charge in [0.05, 0.1) is 0 Å². The number of anilines is 2. The third kappa shape index (κ3) is 3.34. The molecule has 1 aliphatic rings. The number of hydrogen-bond donors (Lipinski definition) is 0. The molecule has 5 rings (SSSR count). The molecule has 0 radical (unpaired) electrons. The molecule has 0 aliphatic carbocycles. The van der Waals surface area contributed by atoms with Crippen molar-refractivity contribution in [1.82, 2.24) is 14.9 Å². The molecule has 1 aromatic heterocycles. The smallest absolute Gasteiger partial charge is 0.131 e. The fourth-order valence-electron chi connectivity index (χ4n) is 4.03. The molecule has 3 aromatic carbocycles. The molecule has 0 fully saturated rings. The zero-order chi connectivity index (χ0) is 19.8. The number of aromatic nitrogens is 2. The summed E-state index contributed by atoms with van der Waals surface area (Å²) < 4.78 is 14.1. The molecule has 0 N–H and O–H groups in total. The quantitative estimate of drug-likeness (QED) is 0.486. The molecule has 0 bridgehead atoms. The Labute approximate surface area is 169 Å². The Morgan fingerprint density at radius 3 is 2.62 bits per heavy atom. The molecule has 4 nitrogen and oxygen atoms in total. The lowest BCUT2D eigenvalue weighted by molar-refractivity contribution is 0.343. The van der Waals surface area contributed by atoms with Gasteiger partial charge in [-0.2, -0.15) is 0 Å². The van der Waals surface area contributed by atoms with Crippen LogP contribution in [0.4, 0.5) is 15.8 Å². The molecular formula is C24H21FN4. The minimum Gasteiger partial charge on any atom is -0.340 e. The van der Waals surface area contributed by atoms with Crippen LogP contribution in [0.25, 0.3) is 21.9 Å². The van der Waals surface area contributed by atoms with Crippen molar-refractivity contribution in [2.45, 2.75) is 6.54 Å². The number of benzene rings is 3. The first-order chi connectivity index (χ1) is 14.2. The van der Waals surface area contributed by atoms with Crippen molar-refractivity contribution in [2.75, 3.05) is 25.0 Å². The second-order valence-electron chi connectivity index (χ2n) is 7.51. The highest BCUT2D eigenvalue weighted by Crippen LogP contribution is 2.35. The number of fused-ring (bicyclic) bond motifs is 2. The SMILES string of the molecule is CN1CCN(c2ccc3c(F)cccc3c2)c2ccc(-c3cncnc3)cc2C1. The van der Waals surface area contributed by atoms with Crippen LogP contribution in [0.15, 0.2) is 73.3 Å². The average molecular weight is 384 g/mol. The Kier molecular flexibility index (Phi) is 4.45. The second kappa shape index (κ2) is 7.26. The molecule has 29 heavy (non-hydrogen) atoms. The first-order valence-corrected chi connectivity index (χ1v) is 9.72. The third-order valence-electron chi connectivity index (χ3n) is 5.53. The Hall–Kier alpha value is -3.31. The number of hydrogen-bond acceptors (Lipinski definition) is 4. The zero-order valence-electron chi connectivity index (χ0n) is 16.2. The van der Waals surface area contributed by atoms with Crippen LogP contribution in [0.5, 0.6) is 0 Å². The first kappa shape index (κ1) is 17.8. The average Bonchev–Trinajstić information content (AvgIpc) is 2.92. The summed E-state index contributed by atoms with van der Waals surface area (Å²) in [6.45, 7) is 2.69. The van der Waals surface area contributed by atoms with Crippen molar-refractivity contribution in [3.05, 3.63) is 84.7 Å². The molecule has 0 saturated carbocycles. The molecule has 0 unspecified atom stereocenters. The van der Waals surface area contributed by atoms with E-state index < -0.39 is 0 Å². The zero-order valence-corrected chi connectivity index (χ0v) is 16.2. The van der Waals surface area contributed by atoms with E-state index in [9.17, 15) is 4.39 Å². The van der Waals surface area contributed by atoms with Crippen molar-refractivity contribution < 1.29 is 4.39 Å². The van der Waals surface area contributed by atoms with E-state index in [0.29, 0.717) is 5.39 Å². The van der Waals surface area contributed by atoms with Crippen LogP contribution >= 0.6 is 0 Å². The summed E-state index contributed by atoms with van der Waals surface area (Å²) in [6, 6.07) is 17.7. The highest BCUT2D eigenvalue weighted by atomic mass is 19.1. The van der Waals surface area contributed by atoms with Gasteiger partial charge in [-0.25, -0.2) is 14.4 Å². The Bertz CT molecular complexity index is 1180. The van der Waals surface area contributed by atoms with E-state index in [4.69, 9.17) is 0 Å². The summed E-state index contributed by atoms with van der Waals surface area (Å²) in [5.74, 6) is -0.181. The van der Waals surface area contributed by atoms with Crippen LogP contribution in [-0.4, -0.2) is 35.0 Å². The van der Waals surface area contributed by atoms with Gasteiger partial charge in [-0.05, 0) is 60.0 Å². The molecule has 0 spiro atoms. The van der Waals surface area contributed by atoms with E-state index in [0.717, 1.165) is 41.8 Å². The maximum Gasteiger partial charge on any atom is 0.131 e. The van der Waals surface area contributed by atoms with Crippen LogP contribution in [0.2, 0.25) is 0 Å². The molecule has 1 aliphatic heterocycles. The van der Waals surface area contributed by atoms with Gasteiger partial charge < -0.3 is 9.80 Å². The van der Waals surface area contributed by atoms with Gasteiger partial charge >= 0.3 is 0 Å². The van der Waals surface area contributed by atoms with Crippen molar-refractivity contribution in [1.29, 1.82) is 0 Å². The van der Waals surface area contributed by atoms with Gasteiger partial charge in [0.25, 0.3) is 0 Å². The van der Waals surface area contributed by atoms with Crippen LogP contribution in [0.1, 0.15) is 5.56 Å². The summed E-state index contributed by atoms with van der Waals surface area (Å²) in [5.41, 5.74) is 5.64. The summed E-state index contributed by atoms with van der Waals surface area (Å²) in [5, 5.41) is 1.57. The highest BCUT2D eigenvalue weighted by Gasteiger charge is 2.20. The van der Waals surface area contributed by atoms with E-state index in [-0.39, 0.29) is 5.82 Å². The van der Waals surface area contributed by atoms with Crippen molar-refractivity contribution in [3.8, 4) is 11.1 Å². The van der Waals surface area contributed by atoms with E-state index >= 15 is 0 Å². The fourth-order valence-corrected chi connectivity index (χ4v) is 4.03. The maximum atomic E-state index is 14.1. The molecule has 0 amide bonds. The second-order valence-corrected chi connectivity index (χ2v) is 7.51. The molecule has 0 saturated heterocycles. The monoisotopic (exact) mass is 384 g/mol. The lowest BCUT2D eigenvalue weighted by Crippen LogP contribution is -2.26. The predicted octanol–water partition coefficient (Wildman–Crippen LogP) is 5.02. The van der Waals surface area contributed by atoms with Crippen LogP contribution < -0.4 is 4.90 Å². The standard InChI is InChI=1S/C24H21FN4/c1-28-9-10-29(21-6-7-22-18(12-21)3-2-4-23(22)25)24-8-5-17(11-19(24)15-28)20-13-26-16-27-14-20/h2-8,11-14,16H,9-10,15H2,1H3. The Morgan fingerprint density at radius 2 is 1.76 bits per heavy atom. The number of likely N-dealkylation sites (N-methyl/N-ethyl adjacent to an activating group) is 1. The summed E-state index contributed by atoms with van der Waals surface area (Å²) in [4.78, 5) is 12.9. The summed E-state index contributed by atoms with van der Waals surface area (Å²) in [7, 11) is 2.14. The van der Waals surface area contributed by atoms with Crippen molar-refractivity contribution in [2.24, 2.45) is 0 Å². The molecule has 2 heterocycles. The van der Waals surface area contributed by atoms with E-state index in [1.54, 1.807) is 12.4 Å². The van der Waals surface area contributed by atoms with Gasteiger partial charge in [0.1, 0.15) is 12.1 Å². The number of rotatable bonds is 2. The molecular weight excluding hydrogens is 363 g/mol. The van der Waals surface area contributed by atoms with Crippen LogP contribution in [0.3, 0.4) is 0 Å². The minimum absolute atomic E-state index is 0.181. The fraction of sp³-hybridized carbons (Fsp3) is 0.167. The number of nitrogens with zero attached hydrogens (tertiary/aromatic N) is 4. The number of halogens is 1. The third-order valence-corrected chi connectivity index (χ3v) is 5.53. The Morgan fingerprint density at radius 1 is 0.897 bits per heavy atom. The van der Waals surface area contributed by atoms with E-state index in [1.807, 2.05) is 30.6 Å². The highest BCUT2D eigenvalue weighted by molar-refractivity contribution is 5.88. The largest absolute Gasteiger partial charge is 0.340 e. The molecule has 0 atom stereocenters. The normalized spacial score (nSPS) is 14.6. The van der Waals surface area contributed by atoms with Gasteiger partial charge in [-0.15, -0.1) is 0 Å². The van der Waals surface area contributed by atoms with Crippen molar-refractivity contribution >= 4 is 22.1 Å². The maximum absolute atomic E-state index is 14.1. The van der Waals surface area contributed by atoms with Gasteiger partial charge in [0.2, 0.25) is 0 Å². The summed E-state index contributed by atoms with van der Waals surface area (Å²) in [6.07, 6.45) is 5.22.